The predicted molar refractivity (Wildman–Crippen MR) is 115 cm³/mol. The van der Waals surface area contributed by atoms with Gasteiger partial charge in [-0.2, -0.15) is 5.26 Å². The highest BCUT2D eigenvalue weighted by atomic mass is 16.2. The molecule has 5 heteroatoms. The minimum absolute atomic E-state index is 0.131. The van der Waals surface area contributed by atoms with Crippen molar-refractivity contribution in [2.24, 2.45) is 11.3 Å². The van der Waals surface area contributed by atoms with E-state index in [2.05, 4.69) is 34.9 Å². The molecular formula is C23H42N4O. The summed E-state index contributed by atoms with van der Waals surface area (Å²) in [5.41, 5.74) is -0.131. The van der Waals surface area contributed by atoms with Gasteiger partial charge in [0.25, 0.3) is 0 Å². The van der Waals surface area contributed by atoms with E-state index in [1.807, 2.05) is 13.8 Å². The van der Waals surface area contributed by atoms with Crippen molar-refractivity contribution in [3.63, 3.8) is 0 Å². The Morgan fingerprint density at radius 1 is 1.04 bits per heavy atom. The number of hydrogen-bond acceptors (Lipinski definition) is 4. The fourth-order valence-electron chi connectivity index (χ4n) is 5.18. The van der Waals surface area contributed by atoms with Crippen molar-refractivity contribution >= 4 is 5.91 Å². The van der Waals surface area contributed by atoms with Crippen LogP contribution in [0.5, 0.6) is 0 Å². The maximum absolute atomic E-state index is 12.8. The number of rotatable bonds is 4. The lowest BCUT2D eigenvalue weighted by atomic mass is 9.74. The second-order valence-electron chi connectivity index (χ2n) is 9.00. The lowest BCUT2D eigenvalue weighted by Gasteiger charge is -2.42. The Morgan fingerprint density at radius 3 is 2.14 bits per heavy atom. The summed E-state index contributed by atoms with van der Waals surface area (Å²) in [5, 5.41) is 9.73. The van der Waals surface area contributed by atoms with Gasteiger partial charge in [-0.05, 0) is 65.7 Å². The van der Waals surface area contributed by atoms with Crippen molar-refractivity contribution in [3.05, 3.63) is 0 Å². The first-order valence-corrected chi connectivity index (χ1v) is 11.6. The number of piperidine rings is 2. The van der Waals surface area contributed by atoms with E-state index in [9.17, 15) is 10.1 Å². The molecule has 28 heavy (non-hydrogen) atoms. The summed E-state index contributed by atoms with van der Waals surface area (Å²) in [7, 11) is 4.33. The molecule has 3 fully saturated rings. The molecule has 0 aromatic rings. The Hall–Kier alpha value is -1.12. The summed E-state index contributed by atoms with van der Waals surface area (Å²) in [4.78, 5) is 19.7. The lowest BCUT2D eigenvalue weighted by Crippen LogP contribution is -2.50. The summed E-state index contributed by atoms with van der Waals surface area (Å²) >= 11 is 0. The topological polar surface area (TPSA) is 50.6 Å². The molecule has 1 saturated carbocycles. The molecule has 3 rings (SSSR count). The van der Waals surface area contributed by atoms with E-state index in [1.165, 1.54) is 19.3 Å². The maximum atomic E-state index is 12.8. The van der Waals surface area contributed by atoms with Gasteiger partial charge in [0.05, 0.1) is 11.5 Å². The van der Waals surface area contributed by atoms with Crippen LogP contribution in [0.15, 0.2) is 0 Å². The molecule has 0 radical (unpaired) electrons. The van der Waals surface area contributed by atoms with Crippen molar-refractivity contribution in [1.82, 2.24) is 14.7 Å². The third-order valence-electron chi connectivity index (χ3n) is 7.07. The van der Waals surface area contributed by atoms with Crippen molar-refractivity contribution < 1.29 is 4.79 Å². The van der Waals surface area contributed by atoms with Crippen LogP contribution in [0.4, 0.5) is 0 Å². The zero-order valence-electron chi connectivity index (χ0n) is 18.8. The molecule has 3 aliphatic rings. The molecule has 0 bridgehead atoms. The van der Waals surface area contributed by atoms with Crippen LogP contribution in [-0.4, -0.2) is 73.5 Å². The molecule has 0 aromatic carbocycles. The van der Waals surface area contributed by atoms with Gasteiger partial charge in [-0.3, -0.25) is 4.79 Å². The largest absolute Gasteiger partial charge is 0.342 e. The van der Waals surface area contributed by atoms with Crippen molar-refractivity contribution in [3.8, 4) is 6.07 Å². The molecule has 2 aliphatic heterocycles. The number of carbonyl (C=O) groups is 1. The van der Waals surface area contributed by atoms with Crippen LogP contribution < -0.4 is 0 Å². The van der Waals surface area contributed by atoms with Crippen LogP contribution in [0, 0.1) is 22.7 Å². The Balaban J connectivity index is 0.00000136. The smallest absolute Gasteiger partial charge is 0.225 e. The zero-order chi connectivity index (χ0) is 20.6. The Bertz CT molecular complexity index is 507. The third kappa shape index (κ3) is 5.94. The summed E-state index contributed by atoms with van der Waals surface area (Å²) in [6.07, 6.45) is 9.93. The molecule has 0 spiro atoms. The van der Waals surface area contributed by atoms with Crippen LogP contribution in [-0.2, 0) is 4.79 Å². The fraction of sp³-hybridized carbons (Fsp3) is 0.913. The molecule has 0 N–H and O–H groups in total. The SMILES string of the molecule is CC.CN1CCC(C(=O)N2CCC(N(C)CC3(C#N)CCCCC3)CC2)CC1. The van der Waals surface area contributed by atoms with E-state index in [0.29, 0.717) is 11.9 Å². The van der Waals surface area contributed by atoms with Gasteiger partial charge in [0, 0.05) is 31.6 Å². The first-order valence-electron chi connectivity index (χ1n) is 11.6. The van der Waals surface area contributed by atoms with Crippen LogP contribution in [0.25, 0.3) is 0 Å². The van der Waals surface area contributed by atoms with E-state index in [-0.39, 0.29) is 11.3 Å². The summed E-state index contributed by atoms with van der Waals surface area (Å²) in [5.74, 6) is 0.629. The number of likely N-dealkylation sites (tertiary alicyclic amines) is 2. The Morgan fingerprint density at radius 2 is 1.61 bits per heavy atom. The fourth-order valence-corrected chi connectivity index (χ4v) is 5.18. The average molecular weight is 391 g/mol. The number of carbonyl (C=O) groups excluding carboxylic acids is 1. The van der Waals surface area contributed by atoms with E-state index < -0.39 is 0 Å². The zero-order valence-corrected chi connectivity index (χ0v) is 18.8. The number of nitrogens with zero attached hydrogens (tertiary/aromatic N) is 4. The summed E-state index contributed by atoms with van der Waals surface area (Å²) in [6.45, 7) is 8.77. The van der Waals surface area contributed by atoms with Crippen LogP contribution in [0.3, 0.4) is 0 Å². The summed E-state index contributed by atoms with van der Waals surface area (Å²) in [6, 6.07) is 3.17. The van der Waals surface area contributed by atoms with E-state index in [1.54, 1.807) is 0 Å². The standard InChI is InChI=1S/C21H36N4O.C2H6/c1-23-12-6-18(7-13-23)20(26)25-14-8-19(9-15-25)24(2)17-21(16-22)10-4-3-5-11-21;1-2/h18-19H,3-15,17H2,1-2H3;1-2H3. The average Bonchev–Trinajstić information content (AvgIpc) is 2.76. The second-order valence-corrected chi connectivity index (χ2v) is 9.00. The number of amides is 1. The minimum Gasteiger partial charge on any atom is -0.342 e. The Kier molecular flexibility index (Phi) is 9.24. The molecule has 2 saturated heterocycles. The molecule has 1 amide bonds. The van der Waals surface area contributed by atoms with Crippen LogP contribution in [0.1, 0.15) is 71.6 Å². The van der Waals surface area contributed by atoms with Crippen LogP contribution in [0.2, 0.25) is 0 Å². The molecular weight excluding hydrogens is 348 g/mol. The van der Waals surface area contributed by atoms with Gasteiger partial charge in [-0.15, -0.1) is 0 Å². The molecule has 0 unspecified atom stereocenters. The molecule has 160 valence electrons. The Labute approximate surface area is 173 Å². The van der Waals surface area contributed by atoms with Gasteiger partial charge in [0.1, 0.15) is 0 Å². The molecule has 1 aliphatic carbocycles. The van der Waals surface area contributed by atoms with Crippen molar-refractivity contribution in [1.29, 1.82) is 5.26 Å². The lowest BCUT2D eigenvalue weighted by molar-refractivity contribution is -0.138. The molecule has 0 aromatic heterocycles. The summed E-state index contributed by atoms with van der Waals surface area (Å²) < 4.78 is 0. The second kappa shape index (κ2) is 11.2. The van der Waals surface area contributed by atoms with Crippen LogP contribution >= 0.6 is 0 Å². The van der Waals surface area contributed by atoms with Crippen molar-refractivity contribution in [2.45, 2.75) is 77.7 Å². The van der Waals surface area contributed by atoms with Gasteiger partial charge in [-0.1, -0.05) is 33.1 Å². The third-order valence-corrected chi connectivity index (χ3v) is 7.07. The van der Waals surface area contributed by atoms with Gasteiger partial charge in [0.2, 0.25) is 5.91 Å². The highest BCUT2D eigenvalue weighted by molar-refractivity contribution is 5.79. The van der Waals surface area contributed by atoms with Crippen molar-refractivity contribution in [2.75, 3.05) is 46.8 Å². The van der Waals surface area contributed by atoms with Gasteiger partial charge >= 0.3 is 0 Å². The quantitative estimate of drug-likeness (QED) is 0.733. The highest BCUT2D eigenvalue weighted by Gasteiger charge is 2.36. The van der Waals surface area contributed by atoms with E-state index in [0.717, 1.165) is 71.2 Å². The first-order chi connectivity index (χ1) is 13.5. The maximum Gasteiger partial charge on any atom is 0.225 e. The normalized spacial score (nSPS) is 24.4. The molecule has 2 heterocycles. The molecule has 5 nitrogen and oxygen atoms in total. The van der Waals surface area contributed by atoms with E-state index >= 15 is 0 Å². The first kappa shape index (κ1) is 23.2. The predicted octanol–water partition coefficient (Wildman–Crippen LogP) is 3.75. The molecule has 0 atom stereocenters. The van der Waals surface area contributed by atoms with Gasteiger partial charge < -0.3 is 14.7 Å². The van der Waals surface area contributed by atoms with E-state index in [4.69, 9.17) is 0 Å². The minimum atomic E-state index is -0.131. The van der Waals surface area contributed by atoms with Gasteiger partial charge in [-0.25, -0.2) is 0 Å². The number of nitriles is 1. The highest BCUT2D eigenvalue weighted by Crippen LogP contribution is 2.37. The monoisotopic (exact) mass is 390 g/mol. The van der Waals surface area contributed by atoms with Gasteiger partial charge in [0.15, 0.2) is 0 Å². The number of hydrogen-bond donors (Lipinski definition) is 0.